The van der Waals surface area contributed by atoms with E-state index in [-0.39, 0.29) is 5.91 Å². The third-order valence-electron chi connectivity index (χ3n) is 5.02. The normalized spacial score (nSPS) is 13.7. The molecule has 0 N–H and O–H groups in total. The van der Waals surface area contributed by atoms with Crippen LogP contribution in [0.1, 0.15) is 41.6 Å². The Balaban J connectivity index is 1.54. The number of nitrogens with zero attached hydrogens (tertiary/aromatic N) is 3. The maximum Gasteiger partial charge on any atom is 0.254 e. The van der Waals surface area contributed by atoms with E-state index in [1.807, 2.05) is 53.7 Å². The second kappa shape index (κ2) is 6.79. The van der Waals surface area contributed by atoms with Gasteiger partial charge < -0.3 is 9.47 Å². The molecule has 26 heavy (non-hydrogen) atoms. The smallest absolute Gasteiger partial charge is 0.254 e. The molecule has 132 valence electrons. The molecule has 2 aromatic carbocycles. The van der Waals surface area contributed by atoms with Crippen molar-refractivity contribution in [3.8, 4) is 11.1 Å². The van der Waals surface area contributed by atoms with Gasteiger partial charge in [-0.2, -0.15) is 0 Å². The summed E-state index contributed by atoms with van der Waals surface area (Å²) >= 11 is 0. The first-order chi connectivity index (χ1) is 12.6. The number of fused-ring (bicyclic) bond motifs is 1. The maximum absolute atomic E-state index is 13.0. The minimum absolute atomic E-state index is 0.0896. The Morgan fingerprint density at radius 1 is 1.00 bits per heavy atom. The minimum Gasteiger partial charge on any atom is -0.332 e. The number of hydrogen-bond acceptors (Lipinski definition) is 2. The van der Waals surface area contributed by atoms with Crippen LogP contribution in [0.2, 0.25) is 0 Å². The van der Waals surface area contributed by atoms with Crippen LogP contribution in [0, 0.1) is 0 Å². The molecule has 1 amide bonds. The molecular weight excluding hydrogens is 322 g/mol. The molecule has 0 saturated heterocycles. The van der Waals surface area contributed by atoms with Gasteiger partial charge in [0.15, 0.2) is 0 Å². The zero-order valence-electron chi connectivity index (χ0n) is 15.2. The number of hydrogen-bond donors (Lipinski definition) is 0. The van der Waals surface area contributed by atoms with Crippen molar-refractivity contribution in [2.75, 3.05) is 6.54 Å². The Labute approximate surface area is 154 Å². The highest BCUT2D eigenvalue weighted by molar-refractivity contribution is 5.94. The van der Waals surface area contributed by atoms with E-state index in [9.17, 15) is 4.79 Å². The Hall–Kier alpha value is -2.88. The molecule has 0 bridgehead atoms. The minimum atomic E-state index is 0.0896. The predicted molar refractivity (Wildman–Crippen MR) is 103 cm³/mol. The zero-order chi connectivity index (χ0) is 18.1. The van der Waals surface area contributed by atoms with Gasteiger partial charge in [-0.3, -0.25) is 4.79 Å². The number of aromatic nitrogens is 2. The molecule has 4 rings (SSSR count). The van der Waals surface area contributed by atoms with E-state index >= 15 is 0 Å². The van der Waals surface area contributed by atoms with Crippen molar-refractivity contribution >= 4 is 5.91 Å². The average Bonchev–Trinajstić information content (AvgIpc) is 3.12. The summed E-state index contributed by atoms with van der Waals surface area (Å²) in [5.41, 5.74) is 5.32. The molecule has 0 fully saturated rings. The molecule has 4 nitrogen and oxygen atoms in total. The monoisotopic (exact) mass is 345 g/mol. The number of carbonyl (C=O) groups is 1. The highest BCUT2D eigenvalue weighted by Gasteiger charge is 2.25. The molecule has 0 spiro atoms. The predicted octanol–water partition coefficient (Wildman–Crippen LogP) is 4.33. The Morgan fingerprint density at radius 2 is 1.69 bits per heavy atom. The molecule has 0 atom stereocenters. The van der Waals surface area contributed by atoms with Gasteiger partial charge in [-0.05, 0) is 37.1 Å². The summed E-state index contributed by atoms with van der Waals surface area (Å²) in [6.07, 6.45) is 2.72. The van der Waals surface area contributed by atoms with Crippen LogP contribution in [0.25, 0.3) is 11.1 Å². The molecule has 0 unspecified atom stereocenters. The standard InChI is InChI=1S/C22H23N3O/c1-16(2)25-15-23-20-12-13-24(14-21(20)25)22(26)19-10-8-18(9-11-19)17-6-4-3-5-7-17/h3-11,15-16H,12-14H2,1-2H3. The van der Waals surface area contributed by atoms with E-state index in [1.54, 1.807) is 0 Å². The lowest BCUT2D eigenvalue weighted by Gasteiger charge is -2.28. The van der Waals surface area contributed by atoms with E-state index in [0.717, 1.165) is 35.3 Å². The van der Waals surface area contributed by atoms with E-state index in [0.29, 0.717) is 12.6 Å². The number of benzene rings is 2. The van der Waals surface area contributed by atoms with E-state index in [4.69, 9.17) is 0 Å². The van der Waals surface area contributed by atoms with Crippen molar-refractivity contribution in [1.29, 1.82) is 0 Å². The third kappa shape index (κ3) is 3.03. The van der Waals surface area contributed by atoms with Gasteiger partial charge in [-0.1, -0.05) is 42.5 Å². The fourth-order valence-electron chi connectivity index (χ4n) is 3.54. The maximum atomic E-state index is 13.0. The Kier molecular flexibility index (Phi) is 4.33. The van der Waals surface area contributed by atoms with Crippen LogP contribution in [0.3, 0.4) is 0 Å². The van der Waals surface area contributed by atoms with Crippen LogP contribution in [-0.2, 0) is 13.0 Å². The largest absolute Gasteiger partial charge is 0.332 e. The van der Waals surface area contributed by atoms with E-state index in [1.165, 1.54) is 5.69 Å². The molecule has 0 radical (unpaired) electrons. The molecule has 0 aliphatic carbocycles. The average molecular weight is 345 g/mol. The van der Waals surface area contributed by atoms with Gasteiger partial charge in [-0.25, -0.2) is 4.98 Å². The third-order valence-corrected chi connectivity index (χ3v) is 5.02. The highest BCUT2D eigenvalue weighted by atomic mass is 16.2. The number of imidazole rings is 1. The quantitative estimate of drug-likeness (QED) is 0.709. The second-order valence-corrected chi connectivity index (χ2v) is 7.06. The SMILES string of the molecule is CC(C)n1cnc2c1CN(C(=O)c1ccc(-c3ccccc3)cc1)CC2. The summed E-state index contributed by atoms with van der Waals surface area (Å²) in [5.74, 6) is 0.0896. The van der Waals surface area contributed by atoms with E-state index < -0.39 is 0 Å². The van der Waals surface area contributed by atoms with Crippen molar-refractivity contribution in [3.05, 3.63) is 77.9 Å². The summed E-state index contributed by atoms with van der Waals surface area (Å²) in [5, 5.41) is 0. The summed E-state index contributed by atoms with van der Waals surface area (Å²) in [7, 11) is 0. The lowest BCUT2D eigenvalue weighted by molar-refractivity contribution is 0.0729. The first kappa shape index (κ1) is 16.6. The van der Waals surface area contributed by atoms with E-state index in [2.05, 4.69) is 35.5 Å². The first-order valence-corrected chi connectivity index (χ1v) is 9.13. The number of rotatable bonds is 3. The van der Waals surface area contributed by atoms with Crippen LogP contribution >= 0.6 is 0 Å². The van der Waals surface area contributed by atoms with Gasteiger partial charge >= 0.3 is 0 Å². The highest BCUT2D eigenvalue weighted by Crippen LogP contribution is 2.24. The van der Waals surface area contributed by atoms with Crippen molar-refractivity contribution < 1.29 is 4.79 Å². The van der Waals surface area contributed by atoms with Crippen molar-refractivity contribution in [3.63, 3.8) is 0 Å². The van der Waals surface area contributed by atoms with Crippen molar-refractivity contribution in [2.24, 2.45) is 0 Å². The van der Waals surface area contributed by atoms with Crippen LogP contribution in [0.15, 0.2) is 60.9 Å². The van der Waals surface area contributed by atoms with Crippen LogP contribution in [-0.4, -0.2) is 26.9 Å². The second-order valence-electron chi connectivity index (χ2n) is 7.06. The topological polar surface area (TPSA) is 38.1 Å². The molecule has 2 heterocycles. The van der Waals surface area contributed by atoms with Crippen molar-refractivity contribution in [1.82, 2.24) is 14.5 Å². The van der Waals surface area contributed by atoms with Gasteiger partial charge in [0.1, 0.15) is 0 Å². The van der Waals surface area contributed by atoms with Crippen molar-refractivity contribution in [2.45, 2.75) is 32.9 Å². The lowest BCUT2D eigenvalue weighted by atomic mass is 10.0. The van der Waals surface area contributed by atoms with Gasteiger partial charge in [0.2, 0.25) is 0 Å². The molecule has 1 aliphatic rings. The number of carbonyl (C=O) groups excluding carboxylic acids is 1. The molecule has 1 aromatic heterocycles. The Bertz CT molecular complexity index is 910. The molecule has 0 saturated carbocycles. The van der Waals surface area contributed by atoms with Gasteiger partial charge in [0, 0.05) is 24.6 Å². The van der Waals surface area contributed by atoms with Crippen LogP contribution in [0.5, 0.6) is 0 Å². The fraction of sp³-hybridized carbons (Fsp3) is 0.273. The van der Waals surface area contributed by atoms with Gasteiger partial charge in [0.25, 0.3) is 5.91 Å². The van der Waals surface area contributed by atoms with Gasteiger partial charge in [0.05, 0.1) is 24.3 Å². The van der Waals surface area contributed by atoms with Crippen LogP contribution in [0.4, 0.5) is 0 Å². The Morgan fingerprint density at radius 3 is 2.38 bits per heavy atom. The summed E-state index contributed by atoms with van der Waals surface area (Å²) in [6, 6.07) is 18.5. The number of amides is 1. The summed E-state index contributed by atoms with van der Waals surface area (Å²) in [6.45, 7) is 5.64. The fourth-order valence-corrected chi connectivity index (χ4v) is 3.54. The lowest BCUT2D eigenvalue weighted by Crippen LogP contribution is -2.36. The van der Waals surface area contributed by atoms with Gasteiger partial charge in [-0.15, -0.1) is 0 Å². The first-order valence-electron chi connectivity index (χ1n) is 9.13. The molecular formula is C22H23N3O. The molecule has 1 aliphatic heterocycles. The molecule has 3 aromatic rings. The van der Waals surface area contributed by atoms with Crippen LogP contribution < -0.4 is 0 Å². The summed E-state index contributed by atoms with van der Waals surface area (Å²) < 4.78 is 2.17. The summed E-state index contributed by atoms with van der Waals surface area (Å²) in [4.78, 5) is 19.4. The zero-order valence-corrected chi connectivity index (χ0v) is 15.2. The molecule has 4 heteroatoms.